The van der Waals surface area contributed by atoms with E-state index in [-0.39, 0.29) is 11.9 Å². The molecule has 0 aromatic carbocycles. The normalized spacial score (nSPS) is 36.0. The van der Waals surface area contributed by atoms with Crippen molar-refractivity contribution in [2.45, 2.75) is 72.7 Å². The van der Waals surface area contributed by atoms with Gasteiger partial charge < -0.3 is 9.47 Å². The molecular weight excluding hydrogens is 212 g/mol. The Morgan fingerprint density at radius 3 is 1.82 bits per heavy atom. The lowest BCUT2D eigenvalue weighted by molar-refractivity contribution is -0.185. The Morgan fingerprint density at radius 2 is 1.41 bits per heavy atom. The van der Waals surface area contributed by atoms with Gasteiger partial charge in [-0.25, -0.2) is 0 Å². The summed E-state index contributed by atoms with van der Waals surface area (Å²) in [5.41, 5.74) is 0.508. The quantitative estimate of drug-likeness (QED) is 0.690. The zero-order valence-electron chi connectivity index (χ0n) is 12.3. The Hall–Kier alpha value is -0.0800. The molecule has 17 heavy (non-hydrogen) atoms. The van der Waals surface area contributed by atoms with Crippen LogP contribution in [-0.4, -0.2) is 18.5 Å². The Morgan fingerprint density at radius 1 is 0.882 bits per heavy atom. The summed E-state index contributed by atoms with van der Waals surface area (Å²) in [7, 11) is 0. The molecule has 2 heteroatoms. The molecule has 1 atom stereocenters. The van der Waals surface area contributed by atoms with Crippen LogP contribution in [-0.2, 0) is 9.47 Å². The van der Waals surface area contributed by atoms with Gasteiger partial charge in [-0.3, -0.25) is 0 Å². The van der Waals surface area contributed by atoms with Gasteiger partial charge in [-0.2, -0.15) is 0 Å². The van der Waals surface area contributed by atoms with E-state index in [0.29, 0.717) is 16.7 Å². The monoisotopic (exact) mass is 240 g/mol. The van der Waals surface area contributed by atoms with Crippen LogP contribution in [0.15, 0.2) is 0 Å². The van der Waals surface area contributed by atoms with E-state index in [2.05, 4.69) is 41.5 Å². The average molecular weight is 240 g/mol. The molecular formula is C15H28O2. The van der Waals surface area contributed by atoms with Crippen molar-refractivity contribution in [3.05, 3.63) is 0 Å². The van der Waals surface area contributed by atoms with Crippen LogP contribution in [0.5, 0.6) is 0 Å². The molecule has 2 rings (SSSR count). The van der Waals surface area contributed by atoms with Crippen molar-refractivity contribution in [2.24, 2.45) is 16.7 Å². The molecule has 0 amide bonds. The summed E-state index contributed by atoms with van der Waals surface area (Å²) < 4.78 is 12.1. The highest BCUT2D eigenvalue weighted by Crippen LogP contribution is 2.54. The third-order valence-corrected chi connectivity index (χ3v) is 4.63. The highest BCUT2D eigenvalue weighted by molar-refractivity contribution is 4.97. The molecule has 0 radical (unpaired) electrons. The van der Waals surface area contributed by atoms with E-state index in [0.717, 1.165) is 6.61 Å². The van der Waals surface area contributed by atoms with Crippen molar-refractivity contribution in [3.63, 3.8) is 0 Å². The molecule has 0 aromatic rings. The summed E-state index contributed by atoms with van der Waals surface area (Å²) in [4.78, 5) is 0. The average Bonchev–Trinajstić information content (AvgIpc) is 2.42. The number of ether oxygens (including phenoxy) is 2. The SMILES string of the molecule is CC1(C)COC(C2C(C)(C)CCCC2(C)C)O1. The van der Waals surface area contributed by atoms with Gasteiger partial charge in [0.1, 0.15) is 0 Å². The van der Waals surface area contributed by atoms with E-state index in [1.54, 1.807) is 0 Å². The topological polar surface area (TPSA) is 18.5 Å². The molecule has 2 fully saturated rings. The van der Waals surface area contributed by atoms with Crippen LogP contribution < -0.4 is 0 Å². The molecule has 1 aliphatic heterocycles. The van der Waals surface area contributed by atoms with Crippen LogP contribution in [0.2, 0.25) is 0 Å². The van der Waals surface area contributed by atoms with Crippen molar-refractivity contribution >= 4 is 0 Å². The van der Waals surface area contributed by atoms with Crippen LogP contribution in [0.4, 0.5) is 0 Å². The molecule has 1 heterocycles. The first-order valence-corrected chi connectivity index (χ1v) is 6.94. The second kappa shape index (κ2) is 3.96. The maximum atomic E-state index is 6.14. The lowest BCUT2D eigenvalue weighted by Crippen LogP contribution is -2.48. The minimum absolute atomic E-state index is 0.0182. The number of hydrogen-bond donors (Lipinski definition) is 0. The van der Waals surface area contributed by atoms with Crippen molar-refractivity contribution < 1.29 is 9.47 Å². The van der Waals surface area contributed by atoms with E-state index in [4.69, 9.17) is 9.47 Å². The van der Waals surface area contributed by atoms with Crippen molar-refractivity contribution in [1.82, 2.24) is 0 Å². The zero-order chi connectivity index (χ0) is 12.9. The smallest absolute Gasteiger partial charge is 0.162 e. The fourth-order valence-corrected chi connectivity index (χ4v) is 3.93. The fourth-order valence-electron chi connectivity index (χ4n) is 3.93. The van der Waals surface area contributed by atoms with Gasteiger partial charge in [-0.05, 0) is 37.5 Å². The van der Waals surface area contributed by atoms with Crippen LogP contribution in [0, 0.1) is 16.7 Å². The predicted octanol–water partition coefficient (Wildman–Crippen LogP) is 3.99. The summed E-state index contributed by atoms with van der Waals surface area (Å²) >= 11 is 0. The van der Waals surface area contributed by atoms with Crippen LogP contribution >= 0.6 is 0 Å². The Kier molecular flexibility index (Phi) is 3.11. The summed E-state index contributed by atoms with van der Waals surface area (Å²) in [6.07, 6.45) is 3.87. The highest BCUT2D eigenvalue weighted by Gasteiger charge is 2.52. The molecule has 0 spiro atoms. The van der Waals surface area contributed by atoms with E-state index in [9.17, 15) is 0 Å². The Labute approximate surface area is 106 Å². The predicted molar refractivity (Wildman–Crippen MR) is 69.8 cm³/mol. The van der Waals surface area contributed by atoms with Crippen LogP contribution in [0.1, 0.15) is 60.8 Å². The summed E-state index contributed by atoms with van der Waals surface area (Å²) in [6, 6.07) is 0. The first-order chi connectivity index (χ1) is 7.64. The van der Waals surface area contributed by atoms with E-state index >= 15 is 0 Å². The molecule has 1 saturated carbocycles. The van der Waals surface area contributed by atoms with Gasteiger partial charge in [-0.15, -0.1) is 0 Å². The maximum absolute atomic E-state index is 6.14. The Balaban J connectivity index is 2.21. The molecule has 0 bridgehead atoms. The summed E-state index contributed by atoms with van der Waals surface area (Å²) in [5, 5.41) is 0. The second-order valence-electron chi connectivity index (χ2n) is 7.87. The lowest BCUT2D eigenvalue weighted by atomic mass is 9.57. The van der Waals surface area contributed by atoms with Gasteiger partial charge in [0, 0.05) is 5.92 Å². The van der Waals surface area contributed by atoms with Crippen LogP contribution in [0.3, 0.4) is 0 Å². The standard InChI is InChI=1S/C15H28O2/c1-13(2)8-7-9-14(3,4)11(13)12-16-10-15(5,6)17-12/h11-12H,7-10H2,1-6H3. The zero-order valence-corrected chi connectivity index (χ0v) is 12.3. The molecule has 2 nitrogen and oxygen atoms in total. The van der Waals surface area contributed by atoms with E-state index < -0.39 is 0 Å². The van der Waals surface area contributed by atoms with E-state index in [1.165, 1.54) is 19.3 Å². The van der Waals surface area contributed by atoms with Gasteiger partial charge in [0.15, 0.2) is 6.29 Å². The van der Waals surface area contributed by atoms with Crippen molar-refractivity contribution in [1.29, 1.82) is 0 Å². The molecule has 2 aliphatic rings. The fraction of sp³-hybridized carbons (Fsp3) is 1.00. The minimum Gasteiger partial charge on any atom is -0.349 e. The van der Waals surface area contributed by atoms with E-state index in [1.807, 2.05) is 0 Å². The van der Waals surface area contributed by atoms with Crippen LogP contribution in [0.25, 0.3) is 0 Å². The summed E-state index contributed by atoms with van der Waals surface area (Å²) in [6.45, 7) is 14.5. The lowest BCUT2D eigenvalue weighted by Gasteiger charge is -2.51. The van der Waals surface area contributed by atoms with Crippen molar-refractivity contribution in [2.75, 3.05) is 6.61 Å². The summed E-state index contributed by atoms with van der Waals surface area (Å²) in [5.74, 6) is 0.491. The second-order valence-corrected chi connectivity index (χ2v) is 7.87. The first kappa shape index (κ1) is 13.4. The minimum atomic E-state index is -0.117. The third-order valence-electron chi connectivity index (χ3n) is 4.63. The largest absolute Gasteiger partial charge is 0.349 e. The highest BCUT2D eigenvalue weighted by atomic mass is 16.7. The molecule has 0 N–H and O–H groups in total. The van der Waals surface area contributed by atoms with Gasteiger partial charge in [0.2, 0.25) is 0 Å². The molecule has 100 valence electrons. The third kappa shape index (κ3) is 2.53. The molecule has 1 saturated heterocycles. The Bertz CT molecular complexity index is 275. The molecule has 1 aliphatic carbocycles. The number of rotatable bonds is 1. The van der Waals surface area contributed by atoms with Gasteiger partial charge >= 0.3 is 0 Å². The number of hydrogen-bond acceptors (Lipinski definition) is 2. The van der Waals surface area contributed by atoms with Crippen molar-refractivity contribution in [3.8, 4) is 0 Å². The maximum Gasteiger partial charge on any atom is 0.162 e. The van der Waals surface area contributed by atoms with Gasteiger partial charge in [0.25, 0.3) is 0 Å². The first-order valence-electron chi connectivity index (χ1n) is 6.94. The molecule has 0 aromatic heterocycles. The van der Waals surface area contributed by atoms with Gasteiger partial charge in [0.05, 0.1) is 12.2 Å². The van der Waals surface area contributed by atoms with Gasteiger partial charge in [-0.1, -0.05) is 34.1 Å². The molecule has 1 unspecified atom stereocenters.